The number of allylic oxidation sites excluding steroid dienone is 22. The summed E-state index contributed by atoms with van der Waals surface area (Å²) in [6.07, 6.45) is 93.1. The average Bonchev–Trinajstić information content (AvgIpc) is 3.45. The van der Waals surface area contributed by atoms with Crippen molar-refractivity contribution in [1.82, 2.24) is 0 Å². The number of carbonyl (C=O) groups excluding carboxylic acids is 3. The molecule has 1 atom stereocenters. The molecule has 0 aliphatic heterocycles. The maximum atomic E-state index is 12.9. The van der Waals surface area contributed by atoms with E-state index in [0.29, 0.717) is 12.8 Å². The molecule has 0 fully saturated rings. The second-order valence-corrected chi connectivity index (χ2v) is 21.3. The third kappa shape index (κ3) is 64.3. The third-order valence-corrected chi connectivity index (χ3v) is 13.6. The molecule has 0 saturated heterocycles. The van der Waals surface area contributed by atoms with Gasteiger partial charge in [0.05, 0.1) is 0 Å². The zero-order chi connectivity index (χ0) is 57.1. The molecule has 0 bridgehead atoms. The molecule has 6 heteroatoms. The molecular weight excluding hydrogens is 973 g/mol. The van der Waals surface area contributed by atoms with Gasteiger partial charge < -0.3 is 14.2 Å². The van der Waals surface area contributed by atoms with Crippen LogP contribution in [0.4, 0.5) is 0 Å². The van der Waals surface area contributed by atoms with Crippen LogP contribution in [0.5, 0.6) is 0 Å². The van der Waals surface area contributed by atoms with Gasteiger partial charge in [0.1, 0.15) is 13.2 Å². The van der Waals surface area contributed by atoms with Gasteiger partial charge in [-0.15, -0.1) is 0 Å². The zero-order valence-electron chi connectivity index (χ0n) is 51.3. The van der Waals surface area contributed by atoms with Crippen LogP contribution in [0.3, 0.4) is 0 Å². The second kappa shape index (κ2) is 66.1. The van der Waals surface area contributed by atoms with Crippen LogP contribution in [0.15, 0.2) is 134 Å². The third-order valence-electron chi connectivity index (χ3n) is 13.6. The summed E-state index contributed by atoms with van der Waals surface area (Å²) in [5.74, 6) is -0.943. The first kappa shape index (κ1) is 74.5. The lowest BCUT2D eigenvalue weighted by molar-refractivity contribution is -0.167. The summed E-state index contributed by atoms with van der Waals surface area (Å²) in [5.41, 5.74) is 0. The predicted octanol–water partition coefficient (Wildman–Crippen LogP) is 22.5. The van der Waals surface area contributed by atoms with Crippen LogP contribution < -0.4 is 0 Å². The SMILES string of the molecule is CC/C=C\C/C=C\C/C=C\C/C=C\C/C=C\CCCCCC(=O)OC(COC(=O)CCCCCCCCC/C=C\C/C=C\C/C=C\CC)COC(=O)CCCCCCCCCCCC/C=C\C/C=C\C/C=C\CCCCCCC. The summed E-state index contributed by atoms with van der Waals surface area (Å²) in [7, 11) is 0. The van der Waals surface area contributed by atoms with Crippen molar-refractivity contribution in [2.45, 2.75) is 297 Å². The molecule has 448 valence electrons. The van der Waals surface area contributed by atoms with Crippen molar-refractivity contribution >= 4 is 17.9 Å². The zero-order valence-corrected chi connectivity index (χ0v) is 51.3. The summed E-state index contributed by atoms with van der Waals surface area (Å²) < 4.78 is 16.9. The van der Waals surface area contributed by atoms with Gasteiger partial charge in [0.25, 0.3) is 0 Å². The van der Waals surface area contributed by atoms with Crippen molar-refractivity contribution in [2.24, 2.45) is 0 Å². The van der Waals surface area contributed by atoms with Crippen LogP contribution in [-0.2, 0) is 28.6 Å². The van der Waals surface area contributed by atoms with E-state index in [0.717, 1.165) is 135 Å². The summed E-state index contributed by atoms with van der Waals surface area (Å²) in [4.78, 5) is 38.4. The fourth-order valence-electron chi connectivity index (χ4n) is 8.79. The van der Waals surface area contributed by atoms with Gasteiger partial charge in [-0.2, -0.15) is 0 Å². The molecule has 1 unspecified atom stereocenters. The van der Waals surface area contributed by atoms with E-state index in [1.54, 1.807) is 0 Å². The van der Waals surface area contributed by atoms with E-state index in [4.69, 9.17) is 14.2 Å². The predicted molar refractivity (Wildman–Crippen MR) is 343 cm³/mol. The molecule has 0 radical (unpaired) electrons. The Morgan fingerprint density at radius 2 is 0.494 bits per heavy atom. The van der Waals surface area contributed by atoms with E-state index in [9.17, 15) is 14.4 Å². The van der Waals surface area contributed by atoms with Gasteiger partial charge in [0.15, 0.2) is 6.10 Å². The largest absolute Gasteiger partial charge is 0.462 e. The monoisotopic (exact) mass is 1090 g/mol. The number of hydrogen-bond acceptors (Lipinski definition) is 6. The molecule has 79 heavy (non-hydrogen) atoms. The first-order valence-corrected chi connectivity index (χ1v) is 32.7. The lowest BCUT2D eigenvalue weighted by atomic mass is 10.1. The standard InChI is InChI=1S/C73H120O6/c1-4-7-10-13-16-19-22-25-28-31-33-34-35-36-37-38-40-42-45-48-51-54-57-60-63-66-72(75)78-69-70(68-77-71(74)65-62-59-56-53-50-47-44-41-30-27-24-21-18-15-12-9-6-3)79-73(76)67-64-61-58-55-52-49-46-43-39-32-29-26-23-20-17-14-11-8-5-2/h8-9,11-12,17-18,20-22,25-27,29-31,33,35-36,39,43,49,52,70H,4-7,10,13-16,19,23-24,28,32,34,37-38,40-42,44-48,50-51,53-69H2,1-3H3/b11-8-,12-9-,20-17-,21-18-,25-22-,29-26-,30-27-,33-31-,36-35-,43-39-,52-49-. The van der Waals surface area contributed by atoms with Gasteiger partial charge in [-0.1, -0.05) is 270 Å². The van der Waals surface area contributed by atoms with Gasteiger partial charge in [0.2, 0.25) is 0 Å². The van der Waals surface area contributed by atoms with Gasteiger partial charge in [0, 0.05) is 19.3 Å². The van der Waals surface area contributed by atoms with Crippen molar-refractivity contribution in [3.05, 3.63) is 134 Å². The molecule has 0 amide bonds. The Morgan fingerprint density at radius 3 is 0.785 bits per heavy atom. The molecule has 0 aromatic heterocycles. The Hall–Kier alpha value is -4.45. The lowest BCUT2D eigenvalue weighted by Crippen LogP contribution is -2.30. The molecule has 0 aliphatic rings. The summed E-state index contributed by atoms with van der Waals surface area (Å²) in [6.45, 7) is 6.38. The maximum absolute atomic E-state index is 12.9. The van der Waals surface area contributed by atoms with Gasteiger partial charge in [-0.25, -0.2) is 0 Å². The highest BCUT2D eigenvalue weighted by Gasteiger charge is 2.19. The van der Waals surface area contributed by atoms with Crippen molar-refractivity contribution in [3.63, 3.8) is 0 Å². The van der Waals surface area contributed by atoms with Crippen LogP contribution in [0.1, 0.15) is 290 Å². The normalized spacial score (nSPS) is 13.0. The van der Waals surface area contributed by atoms with Gasteiger partial charge >= 0.3 is 17.9 Å². The molecular formula is C73H120O6. The Morgan fingerprint density at radius 1 is 0.266 bits per heavy atom. The van der Waals surface area contributed by atoms with Crippen LogP contribution in [0, 0.1) is 0 Å². The topological polar surface area (TPSA) is 78.9 Å². The Bertz CT molecular complexity index is 1680. The van der Waals surface area contributed by atoms with E-state index in [-0.39, 0.29) is 37.5 Å². The summed E-state index contributed by atoms with van der Waals surface area (Å²) >= 11 is 0. The van der Waals surface area contributed by atoms with Crippen LogP contribution in [0.2, 0.25) is 0 Å². The summed E-state index contributed by atoms with van der Waals surface area (Å²) in [5, 5.41) is 0. The number of esters is 3. The maximum Gasteiger partial charge on any atom is 0.306 e. The molecule has 0 aromatic carbocycles. The molecule has 0 aromatic rings. The van der Waals surface area contributed by atoms with Crippen molar-refractivity contribution in [1.29, 1.82) is 0 Å². The number of rotatable bonds is 58. The Labute approximate surface area is 487 Å². The number of carbonyl (C=O) groups is 3. The minimum Gasteiger partial charge on any atom is -0.462 e. The van der Waals surface area contributed by atoms with E-state index < -0.39 is 6.10 Å². The molecule has 0 spiro atoms. The molecule has 6 nitrogen and oxygen atoms in total. The van der Waals surface area contributed by atoms with Crippen molar-refractivity contribution < 1.29 is 28.6 Å². The summed E-state index contributed by atoms with van der Waals surface area (Å²) in [6, 6.07) is 0. The first-order chi connectivity index (χ1) is 39.0. The number of unbranched alkanes of at least 4 members (excludes halogenated alkanes) is 25. The molecule has 0 rings (SSSR count). The van der Waals surface area contributed by atoms with Gasteiger partial charge in [-0.05, 0) is 135 Å². The smallest absolute Gasteiger partial charge is 0.306 e. The first-order valence-electron chi connectivity index (χ1n) is 32.7. The highest BCUT2D eigenvalue weighted by atomic mass is 16.6. The van der Waals surface area contributed by atoms with Crippen LogP contribution in [-0.4, -0.2) is 37.2 Å². The Kier molecular flexibility index (Phi) is 62.3. The molecule has 0 heterocycles. The molecule has 0 N–H and O–H groups in total. The Balaban J connectivity index is 4.44. The van der Waals surface area contributed by atoms with E-state index >= 15 is 0 Å². The lowest BCUT2D eigenvalue weighted by Gasteiger charge is -2.18. The van der Waals surface area contributed by atoms with Crippen LogP contribution >= 0.6 is 0 Å². The van der Waals surface area contributed by atoms with Gasteiger partial charge in [-0.3, -0.25) is 14.4 Å². The fraction of sp³-hybridized carbons (Fsp3) is 0.658. The minimum absolute atomic E-state index is 0.100. The highest BCUT2D eigenvalue weighted by Crippen LogP contribution is 2.15. The quantitative estimate of drug-likeness (QED) is 0.0261. The van der Waals surface area contributed by atoms with Crippen molar-refractivity contribution in [2.75, 3.05) is 13.2 Å². The highest BCUT2D eigenvalue weighted by molar-refractivity contribution is 5.71. The molecule has 0 saturated carbocycles. The fourth-order valence-corrected chi connectivity index (χ4v) is 8.79. The van der Waals surface area contributed by atoms with E-state index in [1.807, 2.05) is 0 Å². The number of ether oxygens (including phenoxy) is 3. The van der Waals surface area contributed by atoms with Crippen molar-refractivity contribution in [3.8, 4) is 0 Å². The van der Waals surface area contributed by atoms with E-state index in [2.05, 4.69) is 154 Å². The number of hydrogen-bond donors (Lipinski definition) is 0. The van der Waals surface area contributed by atoms with E-state index in [1.165, 1.54) is 116 Å². The molecule has 0 aliphatic carbocycles. The minimum atomic E-state index is -0.808. The second-order valence-electron chi connectivity index (χ2n) is 21.3. The van der Waals surface area contributed by atoms with Crippen LogP contribution in [0.25, 0.3) is 0 Å². The average molecular weight is 1090 g/mol.